The van der Waals surface area contributed by atoms with Crippen molar-refractivity contribution >= 4 is 27.9 Å². The summed E-state index contributed by atoms with van der Waals surface area (Å²) in [6.07, 6.45) is 2.61. The molecule has 156 valence electrons. The molecule has 30 heavy (non-hydrogen) atoms. The molecule has 3 aromatic rings. The number of hydrogen-bond acceptors (Lipinski definition) is 4. The number of thioether (sulfide) groups is 1. The standard InChI is InChI=1S/C23H25N3O2S2/c1-18(20-10-6-3-7-11-20)25-30(27,28)15-13-23-21-17-29-14-12-22(21)24-26(23)16-19-8-4-2-5-9-19/h2-11,13,15,18,25H,12,14,16-17H2,1H3/t18-/m1/s1. The van der Waals surface area contributed by atoms with E-state index in [-0.39, 0.29) is 6.04 Å². The molecule has 0 fully saturated rings. The first-order valence-corrected chi connectivity index (χ1v) is 12.7. The highest BCUT2D eigenvalue weighted by atomic mass is 32.2. The van der Waals surface area contributed by atoms with Crippen LogP contribution in [0, 0.1) is 0 Å². The Kier molecular flexibility index (Phi) is 6.41. The molecule has 5 nitrogen and oxygen atoms in total. The van der Waals surface area contributed by atoms with Gasteiger partial charge in [-0.3, -0.25) is 4.68 Å². The van der Waals surface area contributed by atoms with Gasteiger partial charge < -0.3 is 0 Å². The van der Waals surface area contributed by atoms with Crippen LogP contribution in [0.15, 0.2) is 66.1 Å². The highest BCUT2D eigenvalue weighted by molar-refractivity contribution is 7.98. The van der Waals surface area contributed by atoms with Crippen molar-refractivity contribution in [3.63, 3.8) is 0 Å². The molecule has 0 bridgehead atoms. The van der Waals surface area contributed by atoms with Gasteiger partial charge in [0.05, 0.1) is 17.9 Å². The lowest BCUT2D eigenvalue weighted by molar-refractivity contribution is 0.576. The van der Waals surface area contributed by atoms with Crippen LogP contribution in [-0.2, 0) is 28.7 Å². The minimum atomic E-state index is -3.60. The quantitative estimate of drug-likeness (QED) is 0.594. The van der Waals surface area contributed by atoms with E-state index in [9.17, 15) is 8.42 Å². The van der Waals surface area contributed by atoms with Gasteiger partial charge in [-0.2, -0.15) is 16.9 Å². The van der Waals surface area contributed by atoms with Crippen LogP contribution in [-0.4, -0.2) is 24.0 Å². The van der Waals surface area contributed by atoms with E-state index in [2.05, 4.69) is 16.9 Å². The summed E-state index contributed by atoms with van der Waals surface area (Å²) < 4.78 is 30.1. The molecule has 0 saturated carbocycles. The number of nitrogens with zero attached hydrogens (tertiary/aromatic N) is 2. The largest absolute Gasteiger partial charge is 0.260 e. The lowest BCUT2D eigenvalue weighted by Gasteiger charge is -2.13. The van der Waals surface area contributed by atoms with Crippen LogP contribution >= 0.6 is 11.8 Å². The molecule has 1 atom stereocenters. The van der Waals surface area contributed by atoms with Crippen molar-refractivity contribution in [2.45, 2.75) is 31.7 Å². The predicted molar refractivity (Wildman–Crippen MR) is 124 cm³/mol. The zero-order chi connectivity index (χ0) is 21.0. The van der Waals surface area contributed by atoms with Gasteiger partial charge in [0.1, 0.15) is 0 Å². The Morgan fingerprint density at radius 3 is 2.57 bits per heavy atom. The lowest BCUT2D eigenvalue weighted by Crippen LogP contribution is -2.24. The van der Waals surface area contributed by atoms with E-state index in [4.69, 9.17) is 5.10 Å². The number of fused-ring (bicyclic) bond motifs is 1. The molecule has 7 heteroatoms. The summed E-state index contributed by atoms with van der Waals surface area (Å²) in [4.78, 5) is 0. The Labute approximate surface area is 182 Å². The molecule has 1 aliphatic heterocycles. The van der Waals surface area contributed by atoms with E-state index in [0.29, 0.717) is 6.54 Å². The van der Waals surface area contributed by atoms with E-state index in [1.807, 2.05) is 71.9 Å². The highest BCUT2D eigenvalue weighted by Crippen LogP contribution is 2.28. The normalized spacial score (nSPS) is 15.2. The smallest absolute Gasteiger partial charge is 0.234 e. The third-order valence-corrected chi connectivity index (χ3v) is 7.29. The molecule has 2 aromatic carbocycles. The molecular weight excluding hydrogens is 414 g/mol. The molecule has 0 unspecified atom stereocenters. The van der Waals surface area contributed by atoms with Gasteiger partial charge in [0.15, 0.2) is 0 Å². The average Bonchev–Trinajstić information content (AvgIpc) is 3.10. The van der Waals surface area contributed by atoms with Gasteiger partial charge in [-0.1, -0.05) is 60.7 Å². The summed E-state index contributed by atoms with van der Waals surface area (Å²) in [5.74, 6) is 1.91. The molecule has 1 N–H and O–H groups in total. The highest BCUT2D eigenvalue weighted by Gasteiger charge is 2.20. The summed E-state index contributed by atoms with van der Waals surface area (Å²) in [6.45, 7) is 2.46. The Bertz CT molecular complexity index is 1120. The third kappa shape index (κ3) is 5.03. The molecule has 0 aliphatic carbocycles. The van der Waals surface area contributed by atoms with Crippen LogP contribution in [0.3, 0.4) is 0 Å². The average molecular weight is 440 g/mol. The summed E-state index contributed by atoms with van der Waals surface area (Å²) in [5.41, 5.74) is 5.16. The summed E-state index contributed by atoms with van der Waals surface area (Å²) in [5, 5.41) is 6.06. The summed E-state index contributed by atoms with van der Waals surface area (Å²) in [7, 11) is -3.60. The third-order valence-electron chi connectivity index (χ3n) is 5.13. The maximum Gasteiger partial charge on any atom is 0.234 e. The fraction of sp³-hybridized carbons (Fsp3) is 0.261. The van der Waals surface area contributed by atoms with Crippen molar-refractivity contribution in [2.75, 3.05) is 5.75 Å². The number of aromatic nitrogens is 2. The van der Waals surface area contributed by atoms with E-state index in [1.54, 1.807) is 6.08 Å². The van der Waals surface area contributed by atoms with Crippen LogP contribution in [0.1, 0.15) is 41.0 Å². The van der Waals surface area contributed by atoms with Crippen LogP contribution in [0.4, 0.5) is 0 Å². The van der Waals surface area contributed by atoms with Gasteiger partial charge >= 0.3 is 0 Å². The van der Waals surface area contributed by atoms with Gasteiger partial charge in [0, 0.05) is 29.2 Å². The Morgan fingerprint density at radius 2 is 1.83 bits per heavy atom. The molecular formula is C23H25N3O2S2. The van der Waals surface area contributed by atoms with E-state index in [0.717, 1.165) is 46.0 Å². The SMILES string of the molecule is C[C@@H](NS(=O)(=O)C=Cc1c2c(nn1Cc1ccccc1)CCSC2)c1ccccc1. The topological polar surface area (TPSA) is 64.0 Å². The fourth-order valence-corrected chi connectivity index (χ4v) is 5.59. The Balaban J connectivity index is 1.59. The number of nitrogens with one attached hydrogen (secondary N) is 1. The van der Waals surface area contributed by atoms with Crippen molar-refractivity contribution in [1.82, 2.24) is 14.5 Å². The molecule has 0 spiro atoms. The lowest BCUT2D eigenvalue weighted by atomic mass is 10.1. The van der Waals surface area contributed by atoms with Crippen LogP contribution in [0.25, 0.3) is 6.08 Å². The molecule has 2 heterocycles. The fourth-order valence-electron chi connectivity index (χ4n) is 3.58. The van der Waals surface area contributed by atoms with Crippen LogP contribution in [0.5, 0.6) is 0 Å². The van der Waals surface area contributed by atoms with Crippen molar-refractivity contribution in [3.8, 4) is 0 Å². The van der Waals surface area contributed by atoms with Crippen molar-refractivity contribution in [3.05, 3.63) is 94.1 Å². The number of aryl methyl sites for hydroxylation is 1. The zero-order valence-electron chi connectivity index (χ0n) is 16.9. The van der Waals surface area contributed by atoms with Gasteiger partial charge in [-0.05, 0) is 29.9 Å². The minimum Gasteiger partial charge on any atom is -0.260 e. The minimum absolute atomic E-state index is 0.306. The van der Waals surface area contributed by atoms with E-state index < -0.39 is 10.0 Å². The predicted octanol–water partition coefficient (Wildman–Crippen LogP) is 4.37. The molecule has 0 amide bonds. The molecule has 4 rings (SSSR count). The van der Waals surface area contributed by atoms with Crippen molar-refractivity contribution < 1.29 is 8.42 Å². The first kappa shape index (κ1) is 20.9. The molecule has 1 aliphatic rings. The van der Waals surface area contributed by atoms with Crippen LogP contribution < -0.4 is 4.72 Å². The monoisotopic (exact) mass is 439 g/mol. The molecule has 0 radical (unpaired) electrons. The maximum atomic E-state index is 12.7. The maximum absolute atomic E-state index is 12.7. The zero-order valence-corrected chi connectivity index (χ0v) is 18.5. The van der Waals surface area contributed by atoms with Gasteiger partial charge in [-0.15, -0.1) is 0 Å². The Hall–Kier alpha value is -2.35. The Morgan fingerprint density at radius 1 is 1.13 bits per heavy atom. The van der Waals surface area contributed by atoms with Gasteiger partial charge in [0.2, 0.25) is 10.0 Å². The number of benzene rings is 2. The first-order chi connectivity index (χ1) is 14.5. The van der Waals surface area contributed by atoms with E-state index in [1.165, 1.54) is 5.41 Å². The van der Waals surface area contributed by atoms with Crippen molar-refractivity contribution in [2.24, 2.45) is 0 Å². The summed E-state index contributed by atoms with van der Waals surface area (Å²) in [6, 6.07) is 19.4. The summed E-state index contributed by atoms with van der Waals surface area (Å²) >= 11 is 1.86. The first-order valence-electron chi connectivity index (χ1n) is 9.97. The van der Waals surface area contributed by atoms with Gasteiger partial charge in [-0.25, -0.2) is 13.1 Å². The van der Waals surface area contributed by atoms with E-state index >= 15 is 0 Å². The van der Waals surface area contributed by atoms with Gasteiger partial charge in [0.25, 0.3) is 0 Å². The number of hydrogen-bond donors (Lipinski definition) is 1. The number of sulfonamides is 1. The number of rotatable bonds is 7. The second-order valence-corrected chi connectivity index (χ2v) is 10.1. The van der Waals surface area contributed by atoms with Crippen molar-refractivity contribution in [1.29, 1.82) is 0 Å². The molecule has 0 saturated heterocycles. The molecule has 1 aromatic heterocycles. The second kappa shape index (κ2) is 9.20. The second-order valence-electron chi connectivity index (χ2n) is 7.35. The van der Waals surface area contributed by atoms with Crippen LogP contribution in [0.2, 0.25) is 0 Å².